The first-order valence-corrected chi connectivity index (χ1v) is 9.09. The number of hydrogen-bond acceptors (Lipinski definition) is 4. The van der Waals surface area contributed by atoms with Crippen LogP contribution in [0.2, 0.25) is 0 Å². The summed E-state index contributed by atoms with van der Waals surface area (Å²) >= 11 is 1.50. The fourth-order valence-electron chi connectivity index (χ4n) is 3.29. The van der Waals surface area contributed by atoms with Gasteiger partial charge in [0.25, 0.3) is 5.91 Å². The van der Waals surface area contributed by atoms with Gasteiger partial charge in [-0.05, 0) is 41.6 Å². The molecule has 1 N–H and O–H groups in total. The van der Waals surface area contributed by atoms with Crippen molar-refractivity contribution in [1.29, 1.82) is 0 Å². The number of piperazine rings is 1. The molecule has 3 heterocycles. The van der Waals surface area contributed by atoms with Crippen molar-refractivity contribution in [1.82, 2.24) is 4.90 Å². The van der Waals surface area contributed by atoms with E-state index in [1.165, 1.54) is 22.6 Å². The van der Waals surface area contributed by atoms with Gasteiger partial charge in [-0.2, -0.15) is 0 Å². The summed E-state index contributed by atoms with van der Waals surface area (Å²) in [4.78, 5) is 28.9. The van der Waals surface area contributed by atoms with E-state index in [4.69, 9.17) is 0 Å². The van der Waals surface area contributed by atoms with Gasteiger partial charge in [-0.25, -0.2) is 0 Å². The van der Waals surface area contributed by atoms with Gasteiger partial charge in [0.05, 0.1) is 4.88 Å². The van der Waals surface area contributed by atoms with Crippen molar-refractivity contribution in [2.45, 2.75) is 12.8 Å². The first-order valence-electron chi connectivity index (χ1n) is 8.21. The van der Waals surface area contributed by atoms with Gasteiger partial charge in [0, 0.05) is 44.0 Å². The monoisotopic (exact) mass is 341 g/mol. The lowest BCUT2D eigenvalue weighted by Gasteiger charge is -2.36. The Labute approximate surface area is 144 Å². The fraction of sp³-hybridized carbons (Fsp3) is 0.333. The minimum absolute atomic E-state index is 0.0935. The molecule has 2 aliphatic heterocycles. The van der Waals surface area contributed by atoms with E-state index in [9.17, 15) is 9.59 Å². The van der Waals surface area contributed by atoms with Crippen LogP contribution in [0.1, 0.15) is 21.7 Å². The number of hydrogen-bond donors (Lipinski definition) is 1. The molecule has 1 aromatic carbocycles. The number of nitrogens with one attached hydrogen (secondary N) is 1. The number of carbonyl (C=O) groups excluding carboxylic acids is 2. The van der Waals surface area contributed by atoms with Crippen LogP contribution >= 0.6 is 11.3 Å². The number of fused-ring (bicyclic) bond motifs is 1. The van der Waals surface area contributed by atoms with Crippen LogP contribution in [0.3, 0.4) is 0 Å². The molecule has 4 rings (SSSR count). The van der Waals surface area contributed by atoms with Gasteiger partial charge >= 0.3 is 0 Å². The van der Waals surface area contributed by atoms with Gasteiger partial charge < -0.3 is 15.1 Å². The van der Waals surface area contributed by atoms with Gasteiger partial charge in [-0.15, -0.1) is 11.3 Å². The molecule has 0 atom stereocenters. The van der Waals surface area contributed by atoms with E-state index in [0.717, 1.165) is 43.2 Å². The van der Waals surface area contributed by atoms with Crippen molar-refractivity contribution in [3.63, 3.8) is 0 Å². The van der Waals surface area contributed by atoms with E-state index < -0.39 is 0 Å². The zero-order valence-electron chi connectivity index (χ0n) is 13.3. The highest BCUT2D eigenvalue weighted by Gasteiger charge is 2.23. The van der Waals surface area contributed by atoms with Crippen LogP contribution in [0.5, 0.6) is 0 Å². The van der Waals surface area contributed by atoms with E-state index >= 15 is 0 Å². The Morgan fingerprint density at radius 1 is 1.08 bits per heavy atom. The second-order valence-corrected chi connectivity index (χ2v) is 7.09. The van der Waals surface area contributed by atoms with E-state index in [1.807, 2.05) is 28.5 Å². The van der Waals surface area contributed by atoms with Gasteiger partial charge in [-0.1, -0.05) is 6.07 Å². The topological polar surface area (TPSA) is 52.7 Å². The van der Waals surface area contributed by atoms with E-state index in [2.05, 4.69) is 22.3 Å². The Morgan fingerprint density at radius 2 is 1.92 bits per heavy atom. The molecule has 2 aromatic rings. The summed E-state index contributed by atoms with van der Waals surface area (Å²) in [6, 6.07) is 10.0. The number of amides is 2. The fourth-order valence-corrected chi connectivity index (χ4v) is 3.98. The number of anilines is 2. The molecule has 5 nitrogen and oxygen atoms in total. The molecule has 1 aromatic heterocycles. The maximum absolute atomic E-state index is 12.4. The van der Waals surface area contributed by atoms with Crippen LogP contribution in [0.15, 0.2) is 35.7 Å². The number of thiophene rings is 1. The third-order valence-corrected chi connectivity index (χ3v) is 5.51. The third kappa shape index (κ3) is 2.89. The molecular weight excluding hydrogens is 322 g/mol. The molecule has 0 aliphatic carbocycles. The normalized spacial score (nSPS) is 17.4. The molecule has 0 saturated carbocycles. The number of nitrogens with zero attached hydrogens (tertiary/aromatic N) is 2. The first-order chi connectivity index (χ1) is 11.7. The second-order valence-electron chi connectivity index (χ2n) is 6.15. The molecule has 124 valence electrons. The maximum atomic E-state index is 12.4. The Bertz CT molecular complexity index is 765. The van der Waals surface area contributed by atoms with Gasteiger partial charge in [0.15, 0.2) is 0 Å². The molecule has 24 heavy (non-hydrogen) atoms. The summed E-state index contributed by atoms with van der Waals surface area (Å²) in [5.74, 6) is 0.230. The van der Waals surface area contributed by atoms with Crippen LogP contribution in [0, 0.1) is 0 Å². The predicted molar refractivity (Wildman–Crippen MR) is 95.8 cm³/mol. The summed E-state index contributed by atoms with van der Waals surface area (Å²) in [5, 5.41) is 4.86. The highest BCUT2D eigenvalue weighted by atomic mass is 32.1. The number of aryl methyl sites for hydroxylation is 1. The summed E-state index contributed by atoms with van der Waals surface area (Å²) in [5.41, 5.74) is 3.30. The predicted octanol–water partition coefficient (Wildman–Crippen LogP) is 2.60. The Hall–Kier alpha value is -2.34. The largest absolute Gasteiger partial charge is 0.368 e. The molecule has 1 fully saturated rings. The quantitative estimate of drug-likeness (QED) is 0.913. The molecule has 0 unspecified atom stereocenters. The Morgan fingerprint density at radius 3 is 2.67 bits per heavy atom. The van der Waals surface area contributed by atoms with Crippen molar-refractivity contribution in [3.05, 3.63) is 46.2 Å². The van der Waals surface area contributed by atoms with E-state index in [1.54, 1.807) is 0 Å². The second kappa shape index (κ2) is 6.28. The lowest BCUT2D eigenvalue weighted by atomic mass is 10.0. The molecule has 1 saturated heterocycles. The summed E-state index contributed by atoms with van der Waals surface area (Å²) in [6.45, 7) is 3.15. The smallest absolute Gasteiger partial charge is 0.264 e. The van der Waals surface area contributed by atoms with Crippen molar-refractivity contribution >= 4 is 34.5 Å². The average molecular weight is 341 g/mol. The standard InChI is InChI=1S/C18H19N3O2S/c22-17-6-3-13-12-14(4-5-15(13)19-17)20-7-9-21(10-8-20)18(23)16-2-1-11-24-16/h1-2,4-5,11-12H,3,6-10H2,(H,19,22). The SMILES string of the molecule is O=C1CCc2cc(N3CCN(C(=O)c4cccs4)CC3)ccc2N1. The van der Waals surface area contributed by atoms with E-state index in [-0.39, 0.29) is 11.8 Å². The van der Waals surface area contributed by atoms with Crippen LogP contribution in [-0.4, -0.2) is 42.9 Å². The van der Waals surface area contributed by atoms with Gasteiger partial charge in [0.1, 0.15) is 0 Å². The maximum Gasteiger partial charge on any atom is 0.264 e. The van der Waals surface area contributed by atoms with Crippen molar-refractivity contribution < 1.29 is 9.59 Å². The molecule has 0 radical (unpaired) electrons. The Kier molecular flexibility index (Phi) is 3.98. The molecule has 2 amide bonds. The zero-order valence-corrected chi connectivity index (χ0v) is 14.1. The molecule has 2 aliphatic rings. The molecular formula is C18H19N3O2S. The number of carbonyl (C=O) groups is 2. The van der Waals surface area contributed by atoms with Gasteiger partial charge in [-0.3, -0.25) is 9.59 Å². The van der Waals surface area contributed by atoms with Crippen molar-refractivity contribution in [2.75, 3.05) is 36.4 Å². The van der Waals surface area contributed by atoms with Crippen LogP contribution in [-0.2, 0) is 11.2 Å². The highest BCUT2D eigenvalue weighted by Crippen LogP contribution is 2.28. The highest BCUT2D eigenvalue weighted by molar-refractivity contribution is 7.12. The summed E-state index contributed by atoms with van der Waals surface area (Å²) in [7, 11) is 0. The first kappa shape index (κ1) is 15.2. The minimum Gasteiger partial charge on any atom is -0.368 e. The molecule has 0 spiro atoms. The van der Waals surface area contributed by atoms with Crippen LogP contribution in [0.25, 0.3) is 0 Å². The lowest BCUT2D eigenvalue weighted by molar-refractivity contribution is -0.116. The Balaban J connectivity index is 1.43. The summed E-state index contributed by atoms with van der Waals surface area (Å²) in [6.07, 6.45) is 1.35. The van der Waals surface area contributed by atoms with Gasteiger partial charge in [0.2, 0.25) is 5.91 Å². The molecule has 6 heteroatoms. The lowest BCUT2D eigenvalue weighted by Crippen LogP contribution is -2.48. The number of benzene rings is 1. The van der Waals surface area contributed by atoms with Crippen molar-refractivity contribution in [3.8, 4) is 0 Å². The summed E-state index contributed by atoms with van der Waals surface area (Å²) < 4.78 is 0. The average Bonchev–Trinajstić information content (AvgIpc) is 3.15. The number of rotatable bonds is 2. The third-order valence-electron chi connectivity index (χ3n) is 4.65. The van der Waals surface area contributed by atoms with E-state index in [0.29, 0.717) is 6.42 Å². The van der Waals surface area contributed by atoms with Crippen molar-refractivity contribution in [2.24, 2.45) is 0 Å². The molecule has 0 bridgehead atoms. The van der Waals surface area contributed by atoms with Crippen LogP contribution in [0.4, 0.5) is 11.4 Å². The van der Waals surface area contributed by atoms with Crippen LogP contribution < -0.4 is 10.2 Å². The zero-order chi connectivity index (χ0) is 16.5. The minimum atomic E-state index is 0.0935.